The number of ether oxygens (including phenoxy) is 1. The molecular weight excluding hydrogens is 442 g/mol. The second kappa shape index (κ2) is 10.3. The Hall–Kier alpha value is -3.38. The van der Waals surface area contributed by atoms with Crippen molar-refractivity contribution in [3.8, 4) is 11.4 Å². The lowest BCUT2D eigenvalue weighted by Crippen LogP contribution is -2.10. The van der Waals surface area contributed by atoms with Crippen LogP contribution in [0.2, 0.25) is 0 Å². The van der Waals surface area contributed by atoms with Gasteiger partial charge in [-0.15, -0.1) is 10.2 Å². The van der Waals surface area contributed by atoms with E-state index in [1.807, 2.05) is 30.3 Å². The van der Waals surface area contributed by atoms with E-state index in [2.05, 4.69) is 71.9 Å². The number of esters is 1. The second-order valence-corrected chi connectivity index (χ2v) is 10.1. The van der Waals surface area contributed by atoms with Crippen LogP contribution in [-0.4, -0.2) is 27.8 Å². The molecule has 0 spiro atoms. The Labute approximate surface area is 205 Å². The van der Waals surface area contributed by atoms with Crippen molar-refractivity contribution in [2.24, 2.45) is 0 Å². The van der Waals surface area contributed by atoms with Gasteiger partial charge in [0, 0.05) is 11.3 Å². The molecule has 0 bridgehead atoms. The first-order valence-corrected chi connectivity index (χ1v) is 12.2. The maximum absolute atomic E-state index is 11.7. The summed E-state index contributed by atoms with van der Waals surface area (Å²) in [5, 5.41) is 9.96. The highest BCUT2D eigenvalue weighted by Gasteiger charge is 2.17. The van der Waals surface area contributed by atoms with Crippen LogP contribution in [0, 0.1) is 0 Å². The molecule has 5 nitrogen and oxygen atoms in total. The van der Waals surface area contributed by atoms with Gasteiger partial charge in [0.05, 0.1) is 19.2 Å². The van der Waals surface area contributed by atoms with Crippen molar-refractivity contribution >= 4 is 17.7 Å². The average Bonchev–Trinajstić information content (AvgIpc) is 3.25. The van der Waals surface area contributed by atoms with Crippen LogP contribution in [-0.2, 0) is 22.4 Å². The Bertz CT molecular complexity index is 1240. The zero-order chi connectivity index (χ0) is 24.1. The number of carbonyl (C=O) groups excluding carboxylic acids is 1. The highest BCUT2D eigenvalue weighted by Crippen LogP contribution is 2.29. The number of aromatic nitrogens is 3. The van der Waals surface area contributed by atoms with Gasteiger partial charge in [-0.3, -0.25) is 4.57 Å². The lowest BCUT2D eigenvalue weighted by atomic mass is 9.87. The number of nitrogens with zero attached hydrogens (tertiary/aromatic N) is 3. The highest BCUT2D eigenvalue weighted by molar-refractivity contribution is 7.98. The van der Waals surface area contributed by atoms with Crippen LogP contribution >= 0.6 is 11.8 Å². The third-order valence-corrected chi connectivity index (χ3v) is 6.69. The summed E-state index contributed by atoms with van der Waals surface area (Å²) < 4.78 is 6.96. The van der Waals surface area contributed by atoms with Gasteiger partial charge in [0.1, 0.15) is 0 Å². The average molecular weight is 472 g/mol. The number of hydrogen-bond acceptors (Lipinski definition) is 5. The van der Waals surface area contributed by atoms with Crippen LogP contribution in [0.5, 0.6) is 0 Å². The monoisotopic (exact) mass is 471 g/mol. The van der Waals surface area contributed by atoms with Crippen molar-refractivity contribution in [3.05, 3.63) is 101 Å². The number of carbonyl (C=O) groups is 1. The molecule has 0 aliphatic heterocycles. The van der Waals surface area contributed by atoms with E-state index in [-0.39, 0.29) is 11.4 Å². The number of thioether (sulfide) groups is 1. The number of rotatable bonds is 7. The molecule has 0 saturated carbocycles. The third kappa shape index (κ3) is 5.57. The normalized spacial score (nSPS) is 11.4. The Morgan fingerprint density at radius 3 is 2.18 bits per heavy atom. The molecule has 0 N–H and O–H groups in total. The van der Waals surface area contributed by atoms with Crippen molar-refractivity contribution in [2.75, 3.05) is 7.11 Å². The predicted octanol–water partition coefficient (Wildman–Crippen LogP) is 6.37. The molecule has 4 rings (SSSR count). The van der Waals surface area contributed by atoms with E-state index in [4.69, 9.17) is 4.74 Å². The van der Waals surface area contributed by atoms with Crippen molar-refractivity contribution < 1.29 is 9.53 Å². The maximum atomic E-state index is 11.7. The molecule has 1 aromatic heterocycles. The van der Waals surface area contributed by atoms with Crippen LogP contribution < -0.4 is 0 Å². The molecule has 0 aliphatic carbocycles. The molecule has 0 radical (unpaired) electrons. The van der Waals surface area contributed by atoms with Gasteiger partial charge in [-0.25, -0.2) is 4.79 Å². The molecule has 6 heteroatoms. The van der Waals surface area contributed by atoms with Crippen LogP contribution in [0.4, 0.5) is 0 Å². The molecule has 4 aromatic rings. The first-order valence-electron chi connectivity index (χ1n) is 11.2. The van der Waals surface area contributed by atoms with Gasteiger partial charge >= 0.3 is 5.97 Å². The van der Waals surface area contributed by atoms with Gasteiger partial charge < -0.3 is 4.74 Å². The van der Waals surface area contributed by atoms with Gasteiger partial charge in [-0.1, -0.05) is 99.3 Å². The molecule has 0 unspecified atom stereocenters. The Morgan fingerprint density at radius 1 is 0.882 bits per heavy atom. The summed E-state index contributed by atoms with van der Waals surface area (Å²) >= 11 is 1.64. The minimum absolute atomic E-state index is 0.0979. The summed E-state index contributed by atoms with van der Waals surface area (Å²) in [5.74, 6) is 1.24. The summed E-state index contributed by atoms with van der Waals surface area (Å²) in [6, 6.07) is 26.4. The number of benzene rings is 3. The SMILES string of the molecule is COC(=O)c1ccc(CSc2nnc(-c3ccc(C(C)(C)C)cc3)n2Cc2ccccc2)cc1. The zero-order valence-electron chi connectivity index (χ0n) is 20.0. The Morgan fingerprint density at radius 2 is 1.56 bits per heavy atom. The minimum atomic E-state index is -0.330. The first kappa shape index (κ1) is 23.8. The fourth-order valence-electron chi connectivity index (χ4n) is 3.64. The van der Waals surface area contributed by atoms with E-state index in [1.54, 1.807) is 23.9 Å². The Balaban J connectivity index is 1.61. The van der Waals surface area contributed by atoms with Crippen LogP contribution in [0.1, 0.15) is 47.8 Å². The van der Waals surface area contributed by atoms with E-state index in [0.717, 1.165) is 27.9 Å². The highest BCUT2D eigenvalue weighted by atomic mass is 32.2. The molecule has 0 amide bonds. The van der Waals surface area contributed by atoms with Gasteiger partial charge in [0.2, 0.25) is 0 Å². The van der Waals surface area contributed by atoms with Crippen LogP contribution in [0.25, 0.3) is 11.4 Å². The first-order chi connectivity index (χ1) is 16.3. The molecular formula is C28H29N3O2S. The summed E-state index contributed by atoms with van der Waals surface area (Å²) in [7, 11) is 1.39. The van der Waals surface area contributed by atoms with Crippen molar-refractivity contribution in [2.45, 2.75) is 43.6 Å². The summed E-state index contributed by atoms with van der Waals surface area (Å²) in [6.45, 7) is 7.33. The van der Waals surface area contributed by atoms with Gasteiger partial charge in [-0.05, 0) is 34.2 Å². The van der Waals surface area contributed by atoms with Crippen LogP contribution in [0.3, 0.4) is 0 Å². The van der Waals surface area contributed by atoms with Gasteiger partial charge in [-0.2, -0.15) is 0 Å². The van der Waals surface area contributed by atoms with Gasteiger partial charge in [0.15, 0.2) is 11.0 Å². The molecule has 0 aliphatic rings. The largest absolute Gasteiger partial charge is 0.465 e. The molecule has 3 aromatic carbocycles. The second-order valence-electron chi connectivity index (χ2n) is 9.18. The molecule has 34 heavy (non-hydrogen) atoms. The van der Waals surface area contributed by atoms with E-state index in [0.29, 0.717) is 12.1 Å². The number of hydrogen-bond donors (Lipinski definition) is 0. The molecule has 0 fully saturated rings. The van der Waals surface area contributed by atoms with E-state index < -0.39 is 0 Å². The molecule has 174 valence electrons. The summed E-state index contributed by atoms with van der Waals surface area (Å²) in [5.41, 5.74) is 5.27. The molecule has 0 atom stereocenters. The van der Waals surface area contributed by atoms with E-state index in [1.165, 1.54) is 18.2 Å². The third-order valence-electron chi connectivity index (χ3n) is 5.65. The Kier molecular flexibility index (Phi) is 7.17. The number of methoxy groups -OCH3 is 1. The summed E-state index contributed by atoms with van der Waals surface area (Å²) in [6.07, 6.45) is 0. The molecule has 0 saturated heterocycles. The lowest BCUT2D eigenvalue weighted by Gasteiger charge is -2.19. The predicted molar refractivity (Wildman–Crippen MR) is 137 cm³/mol. The fraction of sp³-hybridized carbons (Fsp3) is 0.250. The lowest BCUT2D eigenvalue weighted by molar-refractivity contribution is 0.0600. The van der Waals surface area contributed by atoms with Crippen molar-refractivity contribution in [1.82, 2.24) is 14.8 Å². The van der Waals surface area contributed by atoms with Gasteiger partial charge in [0.25, 0.3) is 0 Å². The molecule has 1 heterocycles. The smallest absolute Gasteiger partial charge is 0.337 e. The van der Waals surface area contributed by atoms with Crippen molar-refractivity contribution in [1.29, 1.82) is 0 Å². The standard InChI is InChI=1S/C28H29N3O2S/c1-28(2,3)24-16-14-22(15-17-24)25-29-30-27(31(25)18-20-8-6-5-7-9-20)34-19-21-10-12-23(13-11-21)26(32)33-4/h5-17H,18-19H2,1-4H3. The zero-order valence-corrected chi connectivity index (χ0v) is 20.8. The van der Waals surface area contributed by atoms with Crippen molar-refractivity contribution in [3.63, 3.8) is 0 Å². The van der Waals surface area contributed by atoms with E-state index >= 15 is 0 Å². The summed E-state index contributed by atoms with van der Waals surface area (Å²) in [4.78, 5) is 11.7. The van der Waals surface area contributed by atoms with Crippen LogP contribution in [0.15, 0.2) is 84.0 Å². The van der Waals surface area contributed by atoms with E-state index in [9.17, 15) is 4.79 Å². The minimum Gasteiger partial charge on any atom is -0.465 e. The maximum Gasteiger partial charge on any atom is 0.337 e. The topological polar surface area (TPSA) is 57.0 Å². The fourth-order valence-corrected chi connectivity index (χ4v) is 4.53. The quantitative estimate of drug-likeness (QED) is 0.232.